The van der Waals surface area contributed by atoms with Crippen molar-refractivity contribution in [2.75, 3.05) is 32.7 Å². The third-order valence-corrected chi connectivity index (χ3v) is 4.47. The molecule has 0 saturated carbocycles. The first-order valence-electron chi connectivity index (χ1n) is 7.67. The number of hydrogen-bond acceptors (Lipinski definition) is 6. The molecule has 1 amide bonds. The number of thiazole rings is 1. The quantitative estimate of drug-likeness (QED) is 0.756. The largest absolute Gasteiger partial charge is 0.497 e. The number of anilines is 1. The number of carbonyl (C=O) groups excluding carboxylic acids is 1. The Hall–Kier alpha value is -1.83. The SMILES string of the molecule is CNCC(C)C(=O)N(Cc1ccc(OC)cc1OC)c1nccs1.Cl. The third kappa shape index (κ3) is 5.32. The van der Waals surface area contributed by atoms with Crippen LogP contribution in [0.15, 0.2) is 29.8 Å². The maximum Gasteiger partial charge on any atom is 0.233 e. The zero-order valence-electron chi connectivity index (χ0n) is 14.8. The van der Waals surface area contributed by atoms with E-state index in [0.29, 0.717) is 29.7 Å². The number of halogens is 1. The average Bonchev–Trinajstić information content (AvgIpc) is 3.13. The van der Waals surface area contributed by atoms with E-state index in [4.69, 9.17) is 9.47 Å². The lowest BCUT2D eigenvalue weighted by Crippen LogP contribution is -2.38. The van der Waals surface area contributed by atoms with Crippen LogP contribution in [0.5, 0.6) is 11.5 Å². The number of rotatable bonds is 8. The predicted octanol–water partition coefficient (Wildman–Crippen LogP) is 2.97. The van der Waals surface area contributed by atoms with Gasteiger partial charge in [-0.1, -0.05) is 6.92 Å². The van der Waals surface area contributed by atoms with Gasteiger partial charge in [0.25, 0.3) is 0 Å². The van der Waals surface area contributed by atoms with Gasteiger partial charge in [-0.3, -0.25) is 9.69 Å². The molecule has 1 aromatic heterocycles. The van der Waals surface area contributed by atoms with Gasteiger partial charge in [-0.15, -0.1) is 23.7 Å². The van der Waals surface area contributed by atoms with E-state index in [1.807, 2.05) is 37.6 Å². The van der Waals surface area contributed by atoms with Gasteiger partial charge in [-0.25, -0.2) is 4.98 Å². The maximum absolute atomic E-state index is 12.8. The van der Waals surface area contributed by atoms with Crippen LogP contribution in [0.1, 0.15) is 12.5 Å². The fourth-order valence-corrected chi connectivity index (χ4v) is 3.05. The molecule has 1 N–H and O–H groups in total. The molecule has 0 aliphatic rings. The summed E-state index contributed by atoms with van der Waals surface area (Å²) in [5.41, 5.74) is 0.901. The number of carbonyl (C=O) groups is 1. The summed E-state index contributed by atoms with van der Waals surface area (Å²) in [6.45, 7) is 2.92. The molecule has 0 fully saturated rings. The highest BCUT2D eigenvalue weighted by Crippen LogP contribution is 2.29. The summed E-state index contributed by atoms with van der Waals surface area (Å²) in [7, 11) is 5.06. The van der Waals surface area contributed by atoms with Crippen molar-refractivity contribution in [2.24, 2.45) is 5.92 Å². The number of benzene rings is 1. The van der Waals surface area contributed by atoms with E-state index in [1.54, 1.807) is 25.3 Å². The number of nitrogens with zero attached hydrogens (tertiary/aromatic N) is 2. The lowest BCUT2D eigenvalue weighted by atomic mass is 10.1. The number of hydrogen-bond donors (Lipinski definition) is 1. The van der Waals surface area contributed by atoms with Gasteiger partial charge in [0.2, 0.25) is 5.91 Å². The maximum atomic E-state index is 12.8. The summed E-state index contributed by atoms with van der Waals surface area (Å²) in [5, 5.41) is 5.59. The molecule has 0 bridgehead atoms. The first kappa shape index (κ1) is 21.2. The molecule has 8 heteroatoms. The van der Waals surface area contributed by atoms with E-state index in [1.165, 1.54) is 11.3 Å². The van der Waals surface area contributed by atoms with Crippen LogP contribution in [0.2, 0.25) is 0 Å². The Morgan fingerprint density at radius 2 is 2.12 bits per heavy atom. The Balaban J connectivity index is 0.00000312. The molecule has 1 unspecified atom stereocenters. The summed E-state index contributed by atoms with van der Waals surface area (Å²) in [6, 6.07) is 5.59. The summed E-state index contributed by atoms with van der Waals surface area (Å²) in [4.78, 5) is 18.9. The van der Waals surface area contributed by atoms with Crippen LogP contribution in [-0.2, 0) is 11.3 Å². The van der Waals surface area contributed by atoms with Crippen LogP contribution in [0.3, 0.4) is 0 Å². The minimum atomic E-state index is -0.150. The molecule has 0 spiro atoms. The van der Waals surface area contributed by atoms with Crippen LogP contribution in [0.25, 0.3) is 0 Å². The summed E-state index contributed by atoms with van der Waals surface area (Å²) in [6.07, 6.45) is 1.70. The minimum absolute atomic E-state index is 0. The van der Waals surface area contributed by atoms with E-state index in [9.17, 15) is 4.79 Å². The summed E-state index contributed by atoms with van der Waals surface area (Å²) in [5.74, 6) is 1.27. The van der Waals surface area contributed by atoms with Crippen LogP contribution >= 0.6 is 23.7 Å². The van der Waals surface area contributed by atoms with Crippen molar-refractivity contribution >= 4 is 34.8 Å². The van der Waals surface area contributed by atoms with Gasteiger partial charge in [-0.2, -0.15) is 0 Å². The van der Waals surface area contributed by atoms with E-state index in [-0.39, 0.29) is 24.2 Å². The van der Waals surface area contributed by atoms with Gasteiger partial charge in [-0.05, 0) is 19.2 Å². The molecule has 138 valence electrons. The lowest BCUT2D eigenvalue weighted by molar-refractivity contribution is -0.121. The Kier molecular flexibility index (Phi) is 8.68. The van der Waals surface area contributed by atoms with Crippen LogP contribution < -0.4 is 19.7 Å². The van der Waals surface area contributed by atoms with Crippen LogP contribution in [0.4, 0.5) is 5.13 Å². The molecule has 25 heavy (non-hydrogen) atoms. The van der Waals surface area contributed by atoms with Crippen LogP contribution in [0, 0.1) is 5.92 Å². The normalized spacial score (nSPS) is 11.4. The van der Waals surface area contributed by atoms with E-state index in [2.05, 4.69) is 10.3 Å². The molecule has 6 nitrogen and oxygen atoms in total. The van der Waals surface area contributed by atoms with Gasteiger partial charge in [0.15, 0.2) is 5.13 Å². The number of amides is 1. The third-order valence-electron chi connectivity index (χ3n) is 3.67. The van der Waals surface area contributed by atoms with Gasteiger partial charge in [0.05, 0.1) is 20.8 Å². The highest BCUT2D eigenvalue weighted by molar-refractivity contribution is 7.13. The van der Waals surface area contributed by atoms with Gasteiger partial charge in [0.1, 0.15) is 11.5 Å². The second kappa shape index (κ2) is 10.2. The highest BCUT2D eigenvalue weighted by Gasteiger charge is 2.24. The topological polar surface area (TPSA) is 63.7 Å². The van der Waals surface area contributed by atoms with Crippen molar-refractivity contribution in [2.45, 2.75) is 13.5 Å². The average molecular weight is 386 g/mol. The number of aromatic nitrogens is 1. The van der Waals surface area contributed by atoms with Gasteiger partial charge in [0, 0.05) is 35.7 Å². The van der Waals surface area contributed by atoms with Crippen molar-refractivity contribution in [3.05, 3.63) is 35.3 Å². The Labute approximate surface area is 158 Å². The van der Waals surface area contributed by atoms with Crippen molar-refractivity contribution in [1.82, 2.24) is 10.3 Å². The molecule has 0 saturated heterocycles. The fourth-order valence-electron chi connectivity index (χ4n) is 2.40. The smallest absolute Gasteiger partial charge is 0.233 e. The summed E-state index contributed by atoms with van der Waals surface area (Å²) < 4.78 is 10.7. The molecule has 1 aromatic carbocycles. The monoisotopic (exact) mass is 385 g/mol. The second-order valence-electron chi connectivity index (χ2n) is 5.38. The molecular weight excluding hydrogens is 362 g/mol. The molecule has 2 aromatic rings. The first-order chi connectivity index (χ1) is 11.6. The van der Waals surface area contributed by atoms with Crippen molar-refractivity contribution in [1.29, 1.82) is 0 Å². The zero-order chi connectivity index (χ0) is 17.5. The Bertz CT molecular complexity index is 667. The predicted molar refractivity (Wildman–Crippen MR) is 103 cm³/mol. The zero-order valence-corrected chi connectivity index (χ0v) is 16.4. The Morgan fingerprint density at radius 1 is 1.36 bits per heavy atom. The van der Waals surface area contributed by atoms with Crippen molar-refractivity contribution in [3.8, 4) is 11.5 Å². The molecule has 0 aliphatic carbocycles. The molecule has 0 aliphatic heterocycles. The molecular formula is C17H24ClN3O3S. The fraction of sp³-hybridized carbons (Fsp3) is 0.412. The first-order valence-corrected chi connectivity index (χ1v) is 8.55. The molecule has 2 rings (SSSR count). The minimum Gasteiger partial charge on any atom is -0.497 e. The molecule has 1 atom stereocenters. The van der Waals surface area contributed by atoms with E-state index in [0.717, 1.165) is 5.56 Å². The van der Waals surface area contributed by atoms with Gasteiger partial charge >= 0.3 is 0 Å². The standard InChI is InChI=1S/C17H23N3O3S.ClH/c1-12(10-18-2)16(21)20(17-19-7-8-24-17)11-13-5-6-14(22-3)9-15(13)23-4;/h5-9,12,18H,10-11H2,1-4H3;1H. The second-order valence-corrected chi connectivity index (χ2v) is 6.25. The van der Waals surface area contributed by atoms with Crippen molar-refractivity contribution in [3.63, 3.8) is 0 Å². The van der Waals surface area contributed by atoms with Crippen molar-refractivity contribution < 1.29 is 14.3 Å². The lowest BCUT2D eigenvalue weighted by Gasteiger charge is -2.24. The number of methoxy groups -OCH3 is 2. The highest BCUT2D eigenvalue weighted by atomic mass is 35.5. The van der Waals surface area contributed by atoms with Crippen LogP contribution in [-0.4, -0.2) is 38.7 Å². The summed E-state index contributed by atoms with van der Waals surface area (Å²) >= 11 is 1.44. The van der Waals surface area contributed by atoms with Gasteiger partial charge < -0.3 is 14.8 Å². The molecule has 1 heterocycles. The number of ether oxygens (including phenoxy) is 2. The Morgan fingerprint density at radius 3 is 2.68 bits per heavy atom. The molecule has 0 radical (unpaired) electrons. The van der Waals surface area contributed by atoms with E-state index >= 15 is 0 Å². The van der Waals surface area contributed by atoms with E-state index < -0.39 is 0 Å². The number of nitrogens with one attached hydrogen (secondary N) is 1.